The lowest BCUT2D eigenvalue weighted by Gasteiger charge is -1.84. The fourth-order valence-corrected chi connectivity index (χ4v) is 0.740. The van der Waals surface area contributed by atoms with Gasteiger partial charge in [-0.2, -0.15) is 0 Å². The molecule has 1 aliphatic rings. The Morgan fingerprint density at radius 2 is 2.56 bits per heavy atom. The molecular formula is C5H3NO3. The number of nitrogens with zero attached hydrogens (tertiary/aromatic N) is 1. The van der Waals surface area contributed by atoms with Gasteiger partial charge in [0.05, 0.1) is 11.8 Å². The van der Waals surface area contributed by atoms with E-state index >= 15 is 0 Å². The molecule has 0 radical (unpaired) electrons. The van der Waals surface area contributed by atoms with E-state index in [4.69, 9.17) is 0 Å². The number of carbonyl (C=O) groups is 1. The van der Waals surface area contributed by atoms with Gasteiger partial charge in [0, 0.05) is 0 Å². The largest absolute Gasteiger partial charge is 0.455 e. The smallest absolute Gasteiger partial charge is 0.377 e. The van der Waals surface area contributed by atoms with Crippen LogP contribution in [0.2, 0.25) is 0 Å². The Hall–Kier alpha value is -1.32. The van der Waals surface area contributed by atoms with Crippen LogP contribution in [0.4, 0.5) is 0 Å². The van der Waals surface area contributed by atoms with Gasteiger partial charge in [0.1, 0.15) is 6.61 Å². The minimum Gasteiger partial charge on any atom is -0.455 e. The Balaban J connectivity index is 2.61. The standard InChI is InChI=1S/C5H3NO3/c7-5-4-3(2-8-5)1-6-9-4/h1H,2H2. The highest BCUT2D eigenvalue weighted by Gasteiger charge is 2.25. The zero-order valence-electron chi connectivity index (χ0n) is 4.46. The molecule has 2 heterocycles. The van der Waals surface area contributed by atoms with Crippen molar-refractivity contribution in [3.05, 3.63) is 17.5 Å². The van der Waals surface area contributed by atoms with Gasteiger partial charge in [0.2, 0.25) is 0 Å². The molecule has 0 aliphatic carbocycles. The Kier molecular flexibility index (Phi) is 0.677. The molecule has 2 rings (SSSR count). The van der Waals surface area contributed by atoms with E-state index in [9.17, 15) is 4.79 Å². The van der Waals surface area contributed by atoms with Crippen molar-refractivity contribution in [1.82, 2.24) is 5.16 Å². The molecule has 0 unspecified atom stereocenters. The zero-order chi connectivity index (χ0) is 6.27. The van der Waals surface area contributed by atoms with Crippen molar-refractivity contribution in [2.24, 2.45) is 0 Å². The number of ether oxygens (including phenoxy) is 1. The van der Waals surface area contributed by atoms with Crippen LogP contribution in [0.3, 0.4) is 0 Å². The van der Waals surface area contributed by atoms with E-state index in [1.54, 1.807) is 0 Å². The molecule has 4 nitrogen and oxygen atoms in total. The molecule has 9 heavy (non-hydrogen) atoms. The topological polar surface area (TPSA) is 52.3 Å². The van der Waals surface area contributed by atoms with Gasteiger partial charge in [-0.05, 0) is 0 Å². The summed E-state index contributed by atoms with van der Waals surface area (Å²) in [7, 11) is 0. The Morgan fingerprint density at radius 3 is 3.33 bits per heavy atom. The van der Waals surface area contributed by atoms with Crippen molar-refractivity contribution >= 4 is 5.97 Å². The van der Waals surface area contributed by atoms with Crippen LogP contribution in [0.25, 0.3) is 0 Å². The minimum absolute atomic E-state index is 0.245. The van der Waals surface area contributed by atoms with Gasteiger partial charge < -0.3 is 9.26 Å². The quantitative estimate of drug-likeness (QED) is 0.469. The number of rotatable bonds is 0. The Labute approximate surface area is 50.4 Å². The molecule has 0 bridgehead atoms. The third kappa shape index (κ3) is 0.468. The van der Waals surface area contributed by atoms with Crippen LogP contribution in [0.1, 0.15) is 16.1 Å². The number of hydrogen-bond acceptors (Lipinski definition) is 4. The molecule has 0 fully saturated rings. The molecule has 0 aromatic carbocycles. The third-order valence-corrected chi connectivity index (χ3v) is 1.19. The SMILES string of the molecule is O=C1OCc2cnoc21. The van der Waals surface area contributed by atoms with Gasteiger partial charge in [-0.1, -0.05) is 5.16 Å². The van der Waals surface area contributed by atoms with Gasteiger partial charge in [-0.3, -0.25) is 0 Å². The number of aromatic nitrogens is 1. The summed E-state index contributed by atoms with van der Waals surface area (Å²) in [6.07, 6.45) is 1.49. The van der Waals surface area contributed by atoms with Crippen molar-refractivity contribution < 1.29 is 14.1 Å². The van der Waals surface area contributed by atoms with Crippen molar-refractivity contribution in [3.8, 4) is 0 Å². The summed E-state index contributed by atoms with van der Waals surface area (Å²) in [5.41, 5.74) is 0.736. The summed E-state index contributed by atoms with van der Waals surface area (Å²) in [5, 5.41) is 3.42. The monoisotopic (exact) mass is 125 g/mol. The summed E-state index contributed by atoms with van der Waals surface area (Å²) in [6.45, 7) is 0.303. The van der Waals surface area contributed by atoms with Gasteiger partial charge in [0.15, 0.2) is 0 Å². The van der Waals surface area contributed by atoms with Crippen LogP contribution in [0, 0.1) is 0 Å². The lowest BCUT2D eigenvalue weighted by atomic mass is 10.3. The summed E-state index contributed by atoms with van der Waals surface area (Å²) in [6, 6.07) is 0. The average molecular weight is 125 g/mol. The molecule has 1 aliphatic heterocycles. The second-order valence-electron chi connectivity index (χ2n) is 1.76. The second-order valence-corrected chi connectivity index (χ2v) is 1.76. The predicted molar refractivity (Wildman–Crippen MR) is 25.6 cm³/mol. The zero-order valence-corrected chi connectivity index (χ0v) is 4.46. The van der Waals surface area contributed by atoms with Crippen LogP contribution < -0.4 is 0 Å². The molecule has 0 N–H and O–H groups in total. The van der Waals surface area contributed by atoms with E-state index in [0.29, 0.717) is 6.61 Å². The fourth-order valence-electron chi connectivity index (χ4n) is 0.740. The van der Waals surface area contributed by atoms with E-state index in [2.05, 4.69) is 14.4 Å². The number of esters is 1. The number of fused-ring (bicyclic) bond motifs is 1. The van der Waals surface area contributed by atoms with E-state index in [1.165, 1.54) is 6.20 Å². The summed E-state index contributed by atoms with van der Waals surface area (Å²) >= 11 is 0. The first-order chi connectivity index (χ1) is 4.38. The maximum absolute atomic E-state index is 10.6. The molecule has 0 amide bonds. The minimum atomic E-state index is -0.414. The number of hydrogen-bond donors (Lipinski definition) is 0. The van der Waals surface area contributed by atoms with E-state index in [1.807, 2.05) is 0 Å². The molecule has 4 heteroatoms. The Morgan fingerprint density at radius 1 is 1.67 bits per heavy atom. The summed E-state index contributed by atoms with van der Waals surface area (Å²) in [4.78, 5) is 10.6. The van der Waals surface area contributed by atoms with Crippen molar-refractivity contribution in [2.75, 3.05) is 0 Å². The fraction of sp³-hybridized carbons (Fsp3) is 0.200. The normalized spacial score (nSPS) is 15.3. The average Bonchev–Trinajstić information content (AvgIpc) is 2.35. The lowest BCUT2D eigenvalue weighted by Crippen LogP contribution is -1.91. The van der Waals surface area contributed by atoms with E-state index in [-0.39, 0.29) is 5.76 Å². The van der Waals surface area contributed by atoms with Gasteiger partial charge in [-0.15, -0.1) is 0 Å². The van der Waals surface area contributed by atoms with E-state index < -0.39 is 5.97 Å². The van der Waals surface area contributed by atoms with Crippen LogP contribution in [-0.4, -0.2) is 11.1 Å². The first kappa shape index (κ1) is 4.55. The predicted octanol–water partition coefficient (Wildman–Crippen LogP) is 0.345. The van der Waals surface area contributed by atoms with E-state index in [0.717, 1.165) is 5.56 Å². The maximum Gasteiger partial charge on any atom is 0.377 e. The van der Waals surface area contributed by atoms with Gasteiger partial charge in [0.25, 0.3) is 5.76 Å². The first-order valence-electron chi connectivity index (χ1n) is 2.48. The molecule has 0 atom stereocenters. The highest BCUT2D eigenvalue weighted by Crippen LogP contribution is 2.17. The molecule has 1 aromatic rings. The van der Waals surface area contributed by atoms with Gasteiger partial charge in [-0.25, -0.2) is 4.79 Å². The third-order valence-electron chi connectivity index (χ3n) is 1.19. The highest BCUT2D eigenvalue weighted by atomic mass is 16.6. The molecule has 0 saturated heterocycles. The number of cyclic esters (lactones) is 1. The Bertz CT molecular complexity index is 252. The van der Waals surface area contributed by atoms with Crippen LogP contribution >= 0.6 is 0 Å². The summed E-state index contributed by atoms with van der Waals surface area (Å²) in [5.74, 6) is -0.169. The van der Waals surface area contributed by atoms with Crippen LogP contribution in [0.15, 0.2) is 10.7 Å². The molecular weight excluding hydrogens is 122 g/mol. The van der Waals surface area contributed by atoms with Crippen LogP contribution in [-0.2, 0) is 11.3 Å². The molecule has 1 aromatic heterocycles. The molecule has 0 saturated carbocycles. The first-order valence-corrected chi connectivity index (χ1v) is 2.48. The lowest BCUT2D eigenvalue weighted by molar-refractivity contribution is 0.0497. The van der Waals surface area contributed by atoms with Gasteiger partial charge >= 0.3 is 5.97 Å². The molecule has 46 valence electrons. The second kappa shape index (κ2) is 1.34. The summed E-state index contributed by atoms with van der Waals surface area (Å²) < 4.78 is 9.15. The van der Waals surface area contributed by atoms with Crippen LogP contribution in [0.5, 0.6) is 0 Å². The molecule has 0 spiro atoms. The van der Waals surface area contributed by atoms with Crippen molar-refractivity contribution in [1.29, 1.82) is 0 Å². The van der Waals surface area contributed by atoms with Crippen molar-refractivity contribution in [2.45, 2.75) is 6.61 Å². The highest BCUT2D eigenvalue weighted by molar-refractivity contribution is 5.89. The maximum atomic E-state index is 10.6. The van der Waals surface area contributed by atoms with Crippen molar-refractivity contribution in [3.63, 3.8) is 0 Å². The number of carbonyl (C=O) groups excluding carboxylic acids is 1.